The van der Waals surface area contributed by atoms with Crippen molar-refractivity contribution in [3.05, 3.63) is 0 Å². The van der Waals surface area contributed by atoms with Crippen LogP contribution >= 0.6 is 0 Å². The van der Waals surface area contributed by atoms with Crippen LogP contribution in [-0.2, 0) is 0 Å². The first-order valence-corrected chi connectivity index (χ1v) is 6.10. The van der Waals surface area contributed by atoms with E-state index in [1.165, 1.54) is 12.8 Å². The van der Waals surface area contributed by atoms with Gasteiger partial charge in [-0.3, -0.25) is 5.32 Å². The van der Waals surface area contributed by atoms with Crippen molar-refractivity contribution in [2.24, 2.45) is 11.3 Å². The molecule has 1 aliphatic rings. The monoisotopic (exact) mass is 208 g/mol. The lowest BCUT2D eigenvalue weighted by Crippen LogP contribution is -2.47. The average molecular weight is 208 g/mol. The van der Waals surface area contributed by atoms with Crippen LogP contribution in [0.1, 0.15) is 53.4 Å². The summed E-state index contributed by atoms with van der Waals surface area (Å²) in [5, 5.41) is 12.6. The summed E-state index contributed by atoms with van der Waals surface area (Å²) >= 11 is 0. The first-order chi connectivity index (χ1) is 6.93. The van der Waals surface area contributed by atoms with Gasteiger partial charge >= 0.3 is 0 Å². The van der Waals surface area contributed by atoms with Gasteiger partial charge in [-0.05, 0) is 43.6 Å². The van der Waals surface area contributed by atoms with E-state index in [2.05, 4.69) is 39.1 Å². The number of hydrogen-bond donors (Lipinski definition) is 1. The number of hydrogen-bond acceptors (Lipinski definition) is 2. The molecule has 0 atom stereocenters. The lowest BCUT2D eigenvalue weighted by Gasteiger charge is -2.40. The maximum Gasteiger partial charge on any atom is 0.106 e. The zero-order chi connectivity index (χ0) is 11.5. The van der Waals surface area contributed by atoms with Crippen LogP contribution < -0.4 is 5.32 Å². The maximum atomic E-state index is 9.25. The molecule has 0 aromatic rings. The molecule has 1 fully saturated rings. The summed E-state index contributed by atoms with van der Waals surface area (Å²) in [7, 11) is 0. The van der Waals surface area contributed by atoms with Crippen molar-refractivity contribution in [3.8, 4) is 6.07 Å². The van der Waals surface area contributed by atoms with E-state index in [0.717, 1.165) is 25.3 Å². The van der Waals surface area contributed by atoms with Crippen molar-refractivity contribution in [1.29, 1.82) is 5.26 Å². The molecule has 0 aliphatic heterocycles. The molecule has 0 bridgehead atoms. The summed E-state index contributed by atoms with van der Waals surface area (Å²) in [6.07, 6.45) is 4.40. The molecule has 0 spiro atoms. The van der Waals surface area contributed by atoms with Gasteiger partial charge in [0.25, 0.3) is 0 Å². The highest BCUT2D eigenvalue weighted by Crippen LogP contribution is 2.41. The summed E-state index contributed by atoms with van der Waals surface area (Å²) in [6.45, 7) is 9.90. The molecule has 1 aliphatic carbocycles. The van der Waals surface area contributed by atoms with Crippen LogP contribution in [-0.4, -0.2) is 12.1 Å². The average Bonchev–Trinajstić information content (AvgIpc) is 2.17. The van der Waals surface area contributed by atoms with Gasteiger partial charge in [0.05, 0.1) is 6.07 Å². The Balaban J connectivity index is 2.58. The van der Waals surface area contributed by atoms with E-state index in [-0.39, 0.29) is 5.54 Å². The molecule has 1 saturated carbocycles. The number of nitriles is 1. The Kier molecular flexibility index (Phi) is 3.78. The van der Waals surface area contributed by atoms with Crippen LogP contribution in [0.3, 0.4) is 0 Å². The third-order valence-corrected chi connectivity index (χ3v) is 3.79. The molecule has 0 heterocycles. The van der Waals surface area contributed by atoms with Crippen molar-refractivity contribution >= 4 is 0 Å². The molecule has 1 N–H and O–H groups in total. The van der Waals surface area contributed by atoms with Crippen LogP contribution in [0.15, 0.2) is 0 Å². The summed E-state index contributed by atoms with van der Waals surface area (Å²) in [4.78, 5) is 0. The number of nitrogens with one attached hydrogen (secondary N) is 1. The van der Waals surface area contributed by atoms with Gasteiger partial charge in [-0.15, -0.1) is 0 Å². The van der Waals surface area contributed by atoms with E-state index in [1.54, 1.807) is 0 Å². The fraction of sp³-hybridized carbons (Fsp3) is 0.923. The van der Waals surface area contributed by atoms with Crippen molar-refractivity contribution in [3.63, 3.8) is 0 Å². The molecule has 2 nitrogen and oxygen atoms in total. The summed E-state index contributed by atoms with van der Waals surface area (Å²) in [5.74, 6) is 0.776. The molecule has 0 radical (unpaired) electrons. The van der Waals surface area contributed by atoms with Gasteiger partial charge in [0.1, 0.15) is 5.54 Å². The summed E-state index contributed by atoms with van der Waals surface area (Å²) in [6, 6.07) is 2.48. The molecule has 0 saturated heterocycles. The maximum absolute atomic E-state index is 9.25. The van der Waals surface area contributed by atoms with Gasteiger partial charge in [-0.1, -0.05) is 27.7 Å². The second-order valence-electron chi connectivity index (χ2n) is 5.86. The van der Waals surface area contributed by atoms with E-state index < -0.39 is 0 Å². The first-order valence-electron chi connectivity index (χ1n) is 6.10. The van der Waals surface area contributed by atoms with Crippen molar-refractivity contribution in [2.75, 3.05) is 6.54 Å². The quantitative estimate of drug-likeness (QED) is 0.757. The topological polar surface area (TPSA) is 35.8 Å². The minimum absolute atomic E-state index is 0.226. The normalized spacial score (nSPS) is 32.3. The number of rotatable bonds is 2. The number of nitrogens with zero attached hydrogens (tertiary/aromatic N) is 1. The predicted molar refractivity (Wildman–Crippen MR) is 63.4 cm³/mol. The largest absolute Gasteiger partial charge is 0.300 e. The second-order valence-corrected chi connectivity index (χ2v) is 5.86. The second kappa shape index (κ2) is 4.53. The fourth-order valence-electron chi connectivity index (χ4n) is 2.64. The zero-order valence-corrected chi connectivity index (χ0v) is 10.6. The van der Waals surface area contributed by atoms with Crippen molar-refractivity contribution < 1.29 is 0 Å². The molecule has 86 valence electrons. The van der Waals surface area contributed by atoms with E-state index in [9.17, 15) is 5.26 Å². The van der Waals surface area contributed by atoms with Crippen molar-refractivity contribution in [1.82, 2.24) is 5.32 Å². The lowest BCUT2D eigenvalue weighted by atomic mass is 9.67. The Hall–Kier alpha value is -0.550. The fourth-order valence-corrected chi connectivity index (χ4v) is 2.64. The molecule has 0 amide bonds. The smallest absolute Gasteiger partial charge is 0.106 e. The Morgan fingerprint density at radius 2 is 1.87 bits per heavy atom. The highest BCUT2D eigenvalue weighted by molar-refractivity contribution is 5.09. The lowest BCUT2D eigenvalue weighted by molar-refractivity contribution is 0.139. The standard InChI is InChI=1S/C13H24N2/c1-5-15-13(10-14)8-6-11(7-9-13)12(2,3)4/h11,15H,5-9H2,1-4H3. The third kappa shape index (κ3) is 2.95. The van der Waals surface area contributed by atoms with Gasteiger partial charge in [0.15, 0.2) is 0 Å². The highest BCUT2D eigenvalue weighted by Gasteiger charge is 2.38. The molecule has 0 unspecified atom stereocenters. The summed E-state index contributed by atoms with van der Waals surface area (Å²) < 4.78 is 0. The molecule has 15 heavy (non-hydrogen) atoms. The van der Waals surface area contributed by atoms with Gasteiger partial charge < -0.3 is 0 Å². The Labute approximate surface area is 94.1 Å². The predicted octanol–water partition coefficient (Wildman–Crippen LogP) is 3.09. The van der Waals surface area contributed by atoms with Crippen LogP contribution in [0.4, 0.5) is 0 Å². The Morgan fingerprint density at radius 3 is 2.20 bits per heavy atom. The Bertz CT molecular complexity index is 236. The van der Waals surface area contributed by atoms with E-state index in [1.807, 2.05) is 0 Å². The molecular formula is C13H24N2. The molecule has 2 heteroatoms. The Morgan fingerprint density at radius 1 is 1.33 bits per heavy atom. The minimum Gasteiger partial charge on any atom is -0.300 e. The zero-order valence-electron chi connectivity index (χ0n) is 10.6. The van der Waals surface area contributed by atoms with E-state index in [4.69, 9.17) is 0 Å². The third-order valence-electron chi connectivity index (χ3n) is 3.79. The summed E-state index contributed by atoms with van der Waals surface area (Å²) in [5.41, 5.74) is 0.171. The highest BCUT2D eigenvalue weighted by atomic mass is 15.0. The SMILES string of the molecule is CCNC1(C#N)CCC(C(C)(C)C)CC1. The van der Waals surface area contributed by atoms with Crippen LogP contribution in [0, 0.1) is 22.7 Å². The van der Waals surface area contributed by atoms with Crippen LogP contribution in [0.5, 0.6) is 0 Å². The van der Waals surface area contributed by atoms with Gasteiger partial charge in [0.2, 0.25) is 0 Å². The van der Waals surface area contributed by atoms with Gasteiger partial charge in [0, 0.05) is 0 Å². The molecule has 1 rings (SSSR count). The van der Waals surface area contributed by atoms with Crippen molar-refractivity contribution in [2.45, 2.75) is 58.9 Å². The van der Waals surface area contributed by atoms with Gasteiger partial charge in [-0.25, -0.2) is 0 Å². The van der Waals surface area contributed by atoms with E-state index in [0.29, 0.717) is 5.41 Å². The molecular weight excluding hydrogens is 184 g/mol. The first kappa shape index (κ1) is 12.5. The van der Waals surface area contributed by atoms with Crippen LogP contribution in [0.2, 0.25) is 0 Å². The molecule has 0 aromatic carbocycles. The molecule has 0 aromatic heterocycles. The minimum atomic E-state index is -0.226. The van der Waals surface area contributed by atoms with Crippen LogP contribution in [0.25, 0.3) is 0 Å². The van der Waals surface area contributed by atoms with Gasteiger partial charge in [-0.2, -0.15) is 5.26 Å². The van der Waals surface area contributed by atoms with E-state index >= 15 is 0 Å².